The Balaban J connectivity index is 2.23. The zero-order valence-electron chi connectivity index (χ0n) is 11.0. The maximum Gasteiger partial charge on any atom is 0.254 e. The lowest BCUT2D eigenvalue weighted by Gasteiger charge is -2.18. The molecule has 0 saturated heterocycles. The Morgan fingerprint density at radius 1 is 1.53 bits per heavy atom. The van der Waals surface area contributed by atoms with Crippen molar-refractivity contribution >= 4 is 11.7 Å². The molecule has 0 aliphatic heterocycles. The number of rotatable bonds is 4. The van der Waals surface area contributed by atoms with E-state index < -0.39 is 0 Å². The number of nitrogens with zero attached hydrogens (tertiary/aromatic N) is 4. The third kappa shape index (κ3) is 2.87. The van der Waals surface area contributed by atoms with E-state index in [-0.39, 0.29) is 5.91 Å². The highest BCUT2D eigenvalue weighted by Gasteiger charge is 2.16. The Morgan fingerprint density at radius 2 is 2.32 bits per heavy atom. The number of nitrogens with one attached hydrogen (secondary N) is 1. The zero-order chi connectivity index (χ0) is 13.8. The van der Waals surface area contributed by atoms with Crippen LogP contribution in [0.5, 0.6) is 0 Å². The molecule has 7 nitrogen and oxygen atoms in total. The number of amides is 1. The van der Waals surface area contributed by atoms with Crippen molar-refractivity contribution in [2.45, 2.75) is 13.5 Å². The summed E-state index contributed by atoms with van der Waals surface area (Å²) in [6.45, 7) is 2.14. The van der Waals surface area contributed by atoms with Gasteiger partial charge in [0.25, 0.3) is 5.91 Å². The van der Waals surface area contributed by atoms with Gasteiger partial charge < -0.3 is 14.7 Å². The minimum absolute atomic E-state index is 0.181. The van der Waals surface area contributed by atoms with Crippen LogP contribution in [0, 0.1) is 6.92 Å². The third-order valence-electron chi connectivity index (χ3n) is 2.57. The van der Waals surface area contributed by atoms with Crippen LogP contribution in [0.25, 0.3) is 0 Å². The van der Waals surface area contributed by atoms with Crippen molar-refractivity contribution in [2.24, 2.45) is 0 Å². The molecule has 0 atom stereocenters. The lowest BCUT2D eigenvalue weighted by molar-refractivity contribution is 0.0963. The first kappa shape index (κ1) is 13.0. The van der Waals surface area contributed by atoms with Crippen LogP contribution in [0.4, 0.5) is 5.82 Å². The van der Waals surface area contributed by atoms with E-state index in [4.69, 9.17) is 4.52 Å². The van der Waals surface area contributed by atoms with E-state index in [1.807, 2.05) is 7.05 Å². The van der Waals surface area contributed by atoms with Gasteiger partial charge in [-0.1, -0.05) is 5.16 Å². The van der Waals surface area contributed by atoms with Gasteiger partial charge in [-0.15, -0.1) is 0 Å². The Kier molecular flexibility index (Phi) is 3.74. The van der Waals surface area contributed by atoms with Gasteiger partial charge in [0.2, 0.25) is 5.89 Å². The SMILES string of the molecule is CNC(=O)c1cccnc1N(C)Cc1noc(C)n1. The fraction of sp³-hybridized carbons (Fsp3) is 0.333. The van der Waals surface area contributed by atoms with Crippen LogP contribution in [-0.4, -0.2) is 35.1 Å². The summed E-state index contributed by atoms with van der Waals surface area (Å²) < 4.78 is 4.91. The van der Waals surface area contributed by atoms with Gasteiger partial charge in [-0.05, 0) is 12.1 Å². The zero-order valence-corrected chi connectivity index (χ0v) is 11.0. The summed E-state index contributed by atoms with van der Waals surface area (Å²) in [5.74, 6) is 1.45. The van der Waals surface area contributed by atoms with Gasteiger partial charge >= 0.3 is 0 Å². The molecule has 0 unspecified atom stereocenters. The lowest BCUT2D eigenvalue weighted by atomic mass is 10.2. The van der Waals surface area contributed by atoms with Crippen LogP contribution >= 0.6 is 0 Å². The molecular formula is C12H15N5O2. The number of carbonyl (C=O) groups is 1. The molecular weight excluding hydrogens is 246 g/mol. The number of carbonyl (C=O) groups excluding carboxylic acids is 1. The predicted octanol–water partition coefficient (Wildman–Crippen LogP) is 0.769. The number of pyridine rings is 1. The summed E-state index contributed by atoms with van der Waals surface area (Å²) in [6, 6.07) is 3.44. The highest BCUT2D eigenvalue weighted by atomic mass is 16.5. The predicted molar refractivity (Wildman–Crippen MR) is 68.8 cm³/mol. The number of hydrogen-bond acceptors (Lipinski definition) is 6. The first-order chi connectivity index (χ1) is 9.11. The van der Waals surface area contributed by atoms with Crippen molar-refractivity contribution in [1.29, 1.82) is 0 Å². The number of anilines is 1. The minimum atomic E-state index is -0.181. The van der Waals surface area contributed by atoms with Crippen LogP contribution in [0.3, 0.4) is 0 Å². The quantitative estimate of drug-likeness (QED) is 0.875. The second-order valence-corrected chi connectivity index (χ2v) is 4.04. The number of hydrogen-bond donors (Lipinski definition) is 1. The van der Waals surface area contributed by atoms with Crippen molar-refractivity contribution in [3.05, 3.63) is 35.6 Å². The van der Waals surface area contributed by atoms with Gasteiger partial charge in [0.1, 0.15) is 5.82 Å². The molecule has 0 aliphatic rings. The maximum absolute atomic E-state index is 11.8. The molecule has 0 fully saturated rings. The minimum Gasteiger partial charge on any atom is -0.355 e. The average molecular weight is 261 g/mol. The fourth-order valence-electron chi connectivity index (χ4n) is 1.71. The summed E-state index contributed by atoms with van der Waals surface area (Å²) in [6.07, 6.45) is 1.64. The molecule has 2 heterocycles. The fourth-order valence-corrected chi connectivity index (χ4v) is 1.71. The summed E-state index contributed by atoms with van der Waals surface area (Å²) in [5, 5.41) is 6.41. The Labute approximate surface area is 110 Å². The van der Waals surface area contributed by atoms with Gasteiger partial charge in [-0.2, -0.15) is 4.98 Å². The molecule has 2 rings (SSSR count). The standard InChI is InChI=1S/C12H15N5O2/c1-8-15-10(16-19-8)7-17(3)11-9(12(18)13-2)5-4-6-14-11/h4-6H,7H2,1-3H3,(H,13,18). The normalized spacial score (nSPS) is 10.3. The van der Waals surface area contributed by atoms with E-state index in [0.717, 1.165) is 0 Å². The van der Waals surface area contributed by atoms with E-state index >= 15 is 0 Å². The molecule has 0 radical (unpaired) electrons. The van der Waals surface area contributed by atoms with Gasteiger partial charge in [0, 0.05) is 27.2 Å². The first-order valence-corrected chi connectivity index (χ1v) is 5.79. The highest BCUT2D eigenvalue weighted by Crippen LogP contribution is 2.17. The average Bonchev–Trinajstić information content (AvgIpc) is 2.83. The second kappa shape index (κ2) is 5.47. The molecule has 2 aromatic heterocycles. The smallest absolute Gasteiger partial charge is 0.254 e. The van der Waals surface area contributed by atoms with Crippen molar-refractivity contribution in [1.82, 2.24) is 20.4 Å². The topological polar surface area (TPSA) is 84.2 Å². The van der Waals surface area contributed by atoms with Gasteiger partial charge in [0.05, 0.1) is 12.1 Å². The molecule has 0 spiro atoms. The third-order valence-corrected chi connectivity index (χ3v) is 2.57. The number of aryl methyl sites for hydroxylation is 1. The Bertz CT molecular complexity index is 581. The summed E-state index contributed by atoms with van der Waals surface area (Å²) >= 11 is 0. The Hall–Kier alpha value is -2.44. The van der Waals surface area contributed by atoms with Crippen molar-refractivity contribution in [3.8, 4) is 0 Å². The molecule has 0 saturated carbocycles. The maximum atomic E-state index is 11.8. The first-order valence-electron chi connectivity index (χ1n) is 5.79. The summed E-state index contributed by atoms with van der Waals surface area (Å²) in [7, 11) is 3.40. The van der Waals surface area contributed by atoms with E-state index in [9.17, 15) is 4.79 Å². The van der Waals surface area contributed by atoms with Crippen LogP contribution in [0.1, 0.15) is 22.1 Å². The van der Waals surface area contributed by atoms with Crippen LogP contribution in [0.2, 0.25) is 0 Å². The van der Waals surface area contributed by atoms with Crippen LogP contribution in [-0.2, 0) is 6.54 Å². The molecule has 7 heteroatoms. The van der Waals surface area contributed by atoms with E-state index in [1.165, 1.54) is 0 Å². The highest BCUT2D eigenvalue weighted by molar-refractivity contribution is 5.98. The van der Waals surface area contributed by atoms with E-state index in [0.29, 0.717) is 29.6 Å². The van der Waals surface area contributed by atoms with Crippen molar-refractivity contribution in [2.75, 3.05) is 19.0 Å². The second-order valence-electron chi connectivity index (χ2n) is 4.04. The monoisotopic (exact) mass is 261 g/mol. The van der Waals surface area contributed by atoms with E-state index in [1.54, 1.807) is 37.2 Å². The molecule has 0 aliphatic carbocycles. The van der Waals surface area contributed by atoms with Crippen molar-refractivity contribution in [3.63, 3.8) is 0 Å². The summed E-state index contributed by atoms with van der Waals surface area (Å²) in [4.78, 5) is 21.9. The van der Waals surface area contributed by atoms with Crippen molar-refractivity contribution < 1.29 is 9.32 Å². The van der Waals surface area contributed by atoms with Crippen LogP contribution in [0.15, 0.2) is 22.9 Å². The molecule has 19 heavy (non-hydrogen) atoms. The lowest BCUT2D eigenvalue weighted by Crippen LogP contribution is -2.25. The molecule has 100 valence electrons. The molecule has 0 bridgehead atoms. The Morgan fingerprint density at radius 3 is 2.95 bits per heavy atom. The number of aromatic nitrogens is 3. The molecule has 0 aromatic carbocycles. The van der Waals surface area contributed by atoms with E-state index in [2.05, 4.69) is 20.4 Å². The van der Waals surface area contributed by atoms with Gasteiger partial charge in [-0.25, -0.2) is 4.98 Å². The summed E-state index contributed by atoms with van der Waals surface area (Å²) in [5.41, 5.74) is 0.507. The molecule has 1 N–H and O–H groups in total. The largest absolute Gasteiger partial charge is 0.355 e. The molecule has 1 amide bonds. The van der Waals surface area contributed by atoms with Gasteiger partial charge in [-0.3, -0.25) is 4.79 Å². The van der Waals surface area contributed by atoms with Crippen LogP contribution < -0.4 is 10.2 Å². The molecule has 2 aromatic rings. The van der Waals surface area contributed by atoms with Gasteiger partial charge in [0.15, 0.2) is 5.82 Å².